The fraction of sp³-hybridized carbons (Fsp3) is 0.174. The Kier molecular flexibility index (Phi) is 5.24. The molecule has 29 heavy (non-hydrogen) atoms. The Morgan fingerprint density at radius 1 is 1.10 bits per heavy atom. The Labute approximate surface area is 169 Å². The van der Waals surface area contributed by atoms with Crippen LogP contribution < -0.4 is 10.6 Å². The number of pyridine rings is 1. The minimum absolute atomic E-state index is 0.0117. The number of hydrogen-bond acceptors (Lipinski definition) is 4. The van der Waals surface area contributed by atoms with Gasteiger partial charge in [0.15, 0.2) is 0 Å². The van der Waals surface area contributed by atoms with Gasteiger partial charge in [0.2, 0.25) is 5.91 Å². The van der Waals surface area contributed by atoms with Crippen molar-refractivity contribution in [1.29, 1.82) is 0 Å². The Morgan fingerprint density at radius 3 is 2.62 bits per heavy atom. The highest BCUT2D eigenvalue weighted by Crippen LogP contribution is 2.21. The monoisotopic (exact) mass is 386 g/mol. The molecule has 146 valence electrons. The van der Waals surface area contributed by atoms with Crippen LogP contribution >= 0.6 is 0 Å². The summed E-state index contributed by atoms with van der Waals surface area (Å²) in [6, 6.07) is 17.2. The van der Waals surface area contributed by atoms with Crippen molar-refractivity contribution < 1.29 is 9.59 Å². The van der Waals surface area contributed by atoms with Crippen molar-refractivity contribution in [2.24, 2.45) is 0 Å². The first-order chi connectivity index (χ1) is 14.1. The number of carbonyl (C=O) groups is 2. The van der Waals surface area contributed by atoms with E-state index in [9.17, 15) is 9.59 Å². The third kappa shape index (κ3) is 4.27. The van der Waals surface area contributed by atoms with Gasteiger partial charge in [-0.3, -0.25) is 9.59 Å². The molecule has 3 aromatic rings. The SMILES string of the molecule is C=CC(=O)Nc1ccc(C(=O)N2CCC(Nc3cc4ccccc4cn3)C2)cc1. The van der Waals surface area contributed by atoms with Crippen molar-refractivity contribution in [2.75, 3.05) is 23.7 Å². The molecule has 4 rings (SSSR count). The molecule has 0 spiro atoms. The number of benzene rings is 2. The number of fused-ring (bicyclic) bond motifs is 1. The second-order valence-electron chi connectivity index (χ2n) is 7.07. The molecule has 0 aliphatic carbocycles. The molecular formula is C23H22N4O2. The minimum Gasteiger partial charge on any atom is -0.365 e. The van der Waals surface area contributed by atoms with Crippen LogP contribution in [0.1, 0.15) is 16.8 Å². The molecule has 2 N–H and O–H groups in total. The lowest BCUT2D eigenvalue weighted by Crippen LogP contribution is -2.31. The van der Waals surface area contributed by atoms with Crippen molar-refractivity contribution in [1.82, 2.24) is 9.88 Å². The Balaban J connectivity index is 1.37. The zero-order valence-corrected chi connectivity index (χ0v) is 16.0. The van der Waals surface area contributed by atoms with Gasteiger partial charge in [-0.1, -0.05) is 30.8 Å². The summed E-state index contributed by atoms with van der Waals surface area (Å²) in [6.07, 6.45) is 3.94. The number of likely N-dealkylation sites (tertiary alicyclic amines) is 1. The number of nitrogens with one attached hydrogen (secondary N) is 2. The van der Waals surface area contributed by atoms with Gasteiger partial charge in [0.1, 0.15) is 5.82 Å². The molecule has 0 saturated carbocycles. The molecule has 1 aromatic heterocycles. The number of aromatic nitrogens is 1. The summed E-state index contributed by atoms with van der Waals surface area (Å²) in [7, 11) is 0. The van der Waals surface area contributed by atoms with Crippen molar-refractivity contribution in [3.63, 3.8) is 0 Å². The summed E-state index contributed by atoms with van der Waals surface area (Å²) in [5.74, 6) is 0.535. The number of carbonyl (C=O) groups excluding carboxylic acids is 2. The molecular weight excluding hydrogens is 364 g/mol. The largest absolute Gasteiger partial charge is 0.365 e. The molecule has 6 nitrogen and oxygen atoms in total. The standard InChI is InChI=1S/C23H22N4O2/c1-2-22(28)26-19-9-7-16(8-10-19)23(29)27-12-11-20(15-27)25-21-13-17-5-3-4-6-18(17)14-24-21/h2-10,13-14,20H,1,11-12,15H2,(H,24,25)(H,26,28). The first-order valence-corrected chi connectivity index (χ1v) is 9.56. The smallest absolute Gasteiger partial charge is 0.253 e. The molecule has 0 bridgehead atoms. The summed E-state index contributed by atoms with van der Waals surface area (Å²) >= 11 is 0. The Morgan fingerprint density at radius 2 is 1.86 bits per heavy atom. The van der Waals surface area contributed by atoms with E-state index in [1.165, 1.54) is 6.08 Å². The summed E-state index contributed by atoms with van der Waals surface area (Å²) in [6.45, 7) is 4.74. The zero-order valence-electron chi connectivity index (χ0n) is 16.0. The van der Waals surface area contributed by atoms with Gasteiger partial charge in [-0.2, -0.15) is 0 Å². The van der Waals surface area contributed by atoms with Crippen LogP contribution in [0.25, 0.3) is 10.8 Å². The first kappa shape index (κ1) is 18.7. The summed E-state index contributed by atoms with van der Waals surface area (Å²) in [5, 5.41) is 8.36. The third-order valence-electron chi connectivity index (χ3n) is 5.04. The molecule has 1 aliphatic rings. The van der Waals surface area contributed by atoms with Gasteiger partial charge in [-0.05, 0) is 48.2 Å². The maximum absolute atomic E-state index is 12.8. The number of amides is 2. The van der Waals surface area contributed by atoms with E-state index < -0.39 is 0 Å². The molecule has 1 fully saturated rings. The van der Waals surface area contributed by atoms with Gasteiger partial charge >= 0.3 is 0 Å². The van der Waals surface area contributed by atoms with Crippen molar-refractivity contribution in [2.45, 2.75) is 12.5 Å². The first-order valence-electron chi connectivity index (χ1n) is 9.56. The van der Waals surface area contributed by atoms with Crippen molar-refractivity contribution >= 4 is 34.1 Å². The maximum Gasteiger partial charge on any atom is 0.253 e. The van der Waals surface area contributed by atoms with Crippen molar-refractivity contribution in [3.8, 4) is 0 Å². The van der Waals surface area contributed by atoms with E-state index >= 15 is 0 Å². The van der Waals surface area contributed by atoms with Gasteiger partial charge < -0.3 is 15.5 Å². The second-order valence-corrected chi connectivity index (χ2v) is 7.07. The normalized spacial score (nSPS) is 15.9. The minimum atomic E-state index is -0.278. The average Bonchev–Trinajstić information content (AvgIpc) is 3.22. The lowest BCUT2D eigenvalue weighted by molar-refractivity contribution is -0.111. The molecule has 6 heteroatoms. The van der Waals surface area contributed by atoms with Crippen LogP contribution in [-0.4, -0.2) is 40.8 Å². The van der Waals surface area contributed by atoms with Gasteiger partial charge in [0.05, 0.1) is 0 Å². The van der Waals surface area contributed by atoms with E-state index in [0.29, 0.717) is 24.3 Å². The summed E-state index contributed by atoms with van der Waals surface area (Å²) < 4.78 is 0. The molecule has 2 heterocycles. The molecule has 1 saturated heterocycles. The predicted octanol–water partition coefficient (Wildman–Crippen LogP) is 3.69. The molecule has 2 aromatic carbocycles. The molecule has 1 aliphatic heterocycles. The van der Waals surface area contributed by atoms with E-state index in [1.807, 2.05) is 35.4 Å². The predicted molar refractivity (Wildman–Crippen MR) is 115 cm³/mol. The van der Waals surface area contributed by atoms with Crippen LogP contribution in [0.4, 0.5) is 11.5 Å². The maximum atomic E-state index is 12.8. The highest BCUT2D eigenvalue weighted by atomic mass is 16.2. The number of nitrogens with zero attached hydrogens (tertiary/aromatic N) is 2. The molecule has 2 amide bonds. The lowest BCUT2D eigenvalue weighted by Gasteiger charge is -2.18. The van der Waals surface area contributed by atoms with Gasteiger partial charge in [-0.25, -0.2) is 4.98 Å². The van der Waals surface area contributed by atoms with E-state index in [-0.39, 0.29) is 17.9 Å². The van der Waals surface area contributed by atoms with Gasteiger partial charge in [-0.15, -0.1) is 0 Å². The molecule has 0 radical (unpaired) electrons. The highest BCUT2D eigenvalue weighted by Gasteiger charge is 2.27. The fourth-order valence-corrected chi connectivity index (χ4v) is 3.51. The average molecular weight is 386 g/mol. The van der Waals surface area contributed by atoms with Crippen LogP contribution in [-0.2, 0) is 4.79 Å². The van der Waals surface area contributed by atoms with E-state index in [1.54, 1.807) is 24.3 Å². The molecule has 1 unspecified atom stereocenters. The number of hydrogen-bond donors (Lipinski definition) is 2. The van der Waals surface area contributed by atoms with Gasteiger partial charge in [0.25, 0.3) is 5.91 Å². The Hall–Kier alpha value is -3.67. The van der Waals surface area contributed by atoms with Gasteiger partial charge in [0, 0.05) is 42.0 Å². The number of anilines is 2. The third-order valence-corrected chi connectivity index (χ3v) is 5.04. The summed E-state index contributed by atoms with van der Waals surface area (Å²) in [5.41, 5.74) is 1.24. The van der Waals surface area contributed by atoms with E-state index in [2.05, 4.69) is 28.3 Å². The van der Waals surface area contributed by atoms with Crippen molar-refractivity contribution in [3.05, 3.63) is 79.0 Å². The van der Waals surface area contributed by atoms with Crippen LogP contribution in [0.3, 0.4) is 0 Å². The topological polar surface area (TPSA) is 74.3 Å². The Bertz CT molecular complexity index is 1060. The summed E-state index contributed by atoms with van der Waals surface area (Å²) in [4.78, 5) is 30.5. The van der Waals surface area contributed by atoms with Crippen LogP contribution in [0.2, 0.25) is 0 Å². The fourth-order valence-electron chi connectivity index (χ4n) is 3.51. The van der Waals surface area contributed by atoms with E-state index in [0.717, 1.165) is 23.0 Å². The zero-order chi connectivity index (χ0) is 20.2. The highest BCUT2D eigenvalue weighted by molar-refractivity contribution is 5.99. The molecule has 1 atom stereocenters. The van der Waals surface area contributed by atoms with E-state index in [4.69, 9.17) is 0 Å². The van der Waals surface area contributed by atoms with Crippen LogP contribution in [0.15, 0.2) is 73.4 Å². The quantitative estimate of drug-likeness (QED) is 0.656. The lowest BCUT2D eigenvalue weighted by atomic mass is 10.1. The second kappa shape index (κ2) is 8.14. The number of rotatable bonds is 5. The van der Waals surface area contributed by atoms with Crippen LogP contribution in [0, 0.1) is 0 Å². The van der Waals surface area contributed by atoms with Crippen LogP contribution in [0.5, 0.6) is 0 Å².